The van der Waals surface area contributed by atoms with Crippen molar-refractivity contribution in [1.29, 1.82) is 0 Å². The number of rotatable bonds is 6. The van der Waals surface area contributed by atoms with Crippen molar-refractivity contribution in [3.63, 3.8) is 0 Å². The molecule has 0 saturated carbocycles. The third-order valence-electron chi connectivity index (χ3n) is 6.78. The first-order valence-corrected chi connectivity index (χ1v) is 13.4. The first-order valence-electron chi connectivity index (χ1n) is 12.0. The normalized spacial score (nSPS) is 20.9. The molecule has 0 bridgehead atoms. The van der Waals surface area contributed by atoms with Crippen LogP contribution in [0.3, 0.4) is 0 Å². The van der Waals surface area contributed by atoms with Crippen LogP contribution in [0, 0.1) is 6.92 Å². The molecular formula is C31H29NO2S. The van der Waals surface area contributed by atoms with Gasteiger partial charge in [-0.25, -0.2) is 8.42 Å². The number of nitrogens with zero attached hydrogens (tertiary/aromatic N) is 1. The minimum Gasteiger partial charge on any atom is -0.207 e. The average Bonchev–Trinajstić information content (AvgIpc) is 3.30. The fraction of sp³-hybridized carbons (Fsp3) is 0.161. The first kappa shape index (κ1) is 23.3. The molecule has 3 atom stereocenters. The largest absolute Gasteiger partial charge is 0.244 e. The lowest BCUT2D eigenvalue weighted by atomic mass is 9.89. The van der Waals surface area contributed by atoms with Crippen LogP contribution in [0.1, 0.15) is 40.6 Å². The zero-order valence-electron chi connectivity index (χ0n) is 19.7. The molecule has 4 aromatic rings. The van der Waals surface area contributed by atoms with Crippen LogP contribution in [0.5, 0.6) is 0 Å². The van der Waals surface area contributed by atoms with Gasteiger partial charge in [0.1, 0.15) is 0 Å². The highest BCUT2D eigenvalue weighted by Gasteiger charge is 2.47. The maximum Gasteiger partial charge on any atom is 0.244 e. The summed E-state index contributed by atoms with van der Waals surface area (Å²) in [6, 6.07) is 36.9. The minimum absolute atomic E-state index is 0.0293. The monoisotopic (exact) mass is 479 g/mol. The highest BCUT2D eigenvalue weighted by molar-refractivity contribution is 7.89. The lowest BCUT2D eigenvalue weighted by Crippen LogP contribution is -2.37. The summed E-state index contributed by atoms with van der Waals surface area (Å²) < 4.78 is 30.2. The Labute approximate surface area is 208 Å². The Morgan fingerprint density at radius 3 is 1.86 bits per heavy atom. The van der Waals surface area contributed by atoms with Gasteiger partial charge in [-0.1, -0.05) is 121 Å². The van der Waals surface area contributed by atoms with Crippen molar-refractivity contribution in [3.05, 3.63) is 144 Å². The topological polar surface area (TPSA) is 37.4 Å². The second-order valence-electron chi connectivity index (χ2n) is 9.09. The Kier molecular flexibility index (Phi) is 6.67. The van der Waals surface area contributed by atoms with E-state index >= 15 is 0 Å². The van der Waals surface area contributed by atoms with Crippen LogP contribution in [-0.4, -0.2) is 18.8 Å². The predicted octanol–water partition coefficient (Wildman–Crippen LogP) is 7.00. The van der Waals surface area contributed by atoms with Crippen molar-refractivity contribution in [2.45, 2.75) is 36.2 Å². The summed E-state index contributed by atoms with van der Waals surface area (Å²) in [7, 11) is -3.77. The molecule has 1 aliphatic rings. The van der Waals surface area contributed by atoms with Crippen LogP contribution in [0.2, 0.25) is 0 Å². The number of benzene rings is 4. The van der Waals surface area contributed by atoms with Crippen LogP contribution in [0.25, 0.3) is 6.08 Å². The van der Waals surface area contributed by atoms with E-state index in [0.29, 0.717) is 11.3 Å². The second-order valence-corrected chi connectivity index (χ2v) is 10.9. The lowest BCUT2D eigenvalue weighted by Gasteiger charge is -2.29. The predicted molar refractivity (Wildman–Crippen MR) is 142 cm³/mol. The first-order chi connectivity index (χ1) is 17.0. The van der Waals surface area contributed by atoms with Gasteiger partial charge in [-0.15, -0.1) is 0 Å². The van der Waals surface area contributed by atoms with E-state index in [1.54, 1.807) is 16.4 Å². The highest BCUT2D eigenvalue weighted by atomic mass is 32.2. The zero-order chi connectivity index (χ0) is 24.3. The Hall–Kier alpha value is -3.47. The van der Waals surface area contributed by atoms with E-state index in [9.17, 15) is 8.42 Å². The number of aryl methyl sites for hydroxylation is 1. The van der Waals surface area contributed by atoms with Crippen LogP contribution in [0.4, 0.5) is 0 Å². The van der Waals surface area contributed by atoms with Crippen molar-refractivity contribution in [1.82, 2.24) is 4.31 Å². The van der Waals surface area contributed by atoms with E-state index < -0.39 is 10.0 Å². The van der Waals surface area contributed by atoms with E-state index in [4.69, 9.17) is 0 Å². The van der Waals surface area contributed by atoms with Crippen LogP contribution >= 0.6 is 0 Å². The molecule has 4 heteroatoms. The van der Waals surface area contributed by atoms with Gasteiger partial charge >= 0.3 is 0 Å². The molecule has 0 spiro atoms. The average molecular weight is 480 g/mol. The van der Waals surface area contributed by atoms with Crippen molar-refractivity contribution in [3.8, 4) is 0 Å². The van der Waals surface area contributed by atoms with Crippen molar-refractivity contribution < 1.29 is 8.42 Å². The molecule has 3 nitrogen and oxygen atoms in total. The number of hydrogen-bond donors (Lipinski definition) is 0. The van der Waals surface area contributed by atoms with Gasteiger partial charge in [0.2, 0.25) is 10.0 Å². The zero-order valence-corrected chi connectivity index (χ0v) is 20.6. The summed E-state index contributed by atoms with van der Waals surface area (Å²) in [5, 5.41) is 0. The highest BCUT2D eigenvalue weighted by Crippen LogP contribution is 2.48. The molecule has 1 aliphatic heterocycles. The quantitative estimate of drug-likeness (QED) is 0.299. The molecule has 176 valence electrons. The fourth-order valence-electron chi connectivity index (χ4n) is 5.01. The molecule has 0 N–H and O–H groups in total. The maximum absolute atomic E-state index is 14.2. The maximum atomic E-state index is 14.2. The molecule has 1 fully saturated rings. The summed E-state index contributed by atoms with van der Waals surface area (Å²) in [6.07, 6.45) is 4.83. The second kappa shape index (κ2) is 10.0. The Balaban J connectivity index is 1.66. The van der Waals surface area contributed by atoms with Crippen molar-refractivity contribution in [2.75, 3.05) is 0 Å². The van der Waals surface area contributed by atoms with Gasteiger partial charge in [-0.2, -0.15) is 4.31 Å². The van der Waals surface area contributed by atoms with E-state index in [1.807, 2.05) is 104 Å². The number of hydrogen-bond acceptors (Lipinski definition) is 2. The van der Waals surface area contributed by atoms with Gasteiger partial charge in [-0.3, -0.25) is 0 Å². The summed E-state index contributed by atoms with van der Waals surface area (Å²) in [5.74, 6) is 0.0293. The van der Waals surface area contributed by atoms with Crippen LogP contribution in [-0.2, 0) is 10.0 Å². The number of sulfonamides is 1. The van der Waals surface area contributed by atoms with E-state index in [0.717, 1.165) is 22.3 Å². The Bertz CT molecular complexity index is 1380. The summed E-state index contributed by atoms with van der Waals surface area (Å²) in [4.78, 5) is 0.329. The van der Waals surface area contributed by atoms with E-state index in [-0.39, 0.29) is 18.0 Å². The fourth-order valence-corrected chi connectivity index (χ4v) is 6.82. The molecule has 35 heavy (non-hydrogen) atoms. The van der Waals surface area contributed by atoms with Gasteiger partial charge in [0, 0.05) is 5.92 Å². The van der Waals surface area contributed by atoms with Crippen molar-refractivity contribution >= 4 is 16.1 Å². The van der Waals surface area contributed by atoms with Gasteiger partial charge in [0.25, 0.3) is 0 Å². The summed E-state index contributed by atoms with van der Waals surface area (Å²) in [5.41, 5.74) is 4.25. The molecule has 5 rings (SSSR count). The Morgan fingerprint density at radius 2 is 1.26 bits per heavy atom. The molecular weight excluding hydrogens is 450 g/mol. The molecule has 4 aromatic carbocycles. The smallest absolute Gasteiger partial charge is 0.207 e. The molecule has 0 aromatic heterocycles. The van der Waals surface area contributed by atoms with Gasteiger partial charge in [-0.05, 0) is 42.2 Å². The molecule has 0 aliphatic carbocycles. The van der Waals surface area contributed by atoms with E-state index in [1.165, 1.54) is 0 Å². The van der Waals surface area contributed by atoms with Crippen LogP contribution < -0.4 is 0 Å². The molecule has 0 unspecified atom stereocenters. The van der Waals surface area contributed by atoms with Crippen LogP contribution in [0.15, 0.2) is 126 Å². The van der Waals surface area contributed by atoms with Gasteiger partial charge in [0.15, 0.2) is 0 Å². The molecule has 1 saturated heterocycles. The van der Waals surface area contributed by atoms with E-state index in [2.05, 4.69) is 18.2 Å². The standard InChI is InChI=1S/C31H29NO2S/c1-24-17-20-28(21-18-24)35(33,34)32-30(22-19-25-11-5-2-6-12-25)29(26-13-7-3-8-14-26)23-31(32)27-15-9-4-10-16-27/h2-22,29-31H,23H2,1H3/b22-19+/t29-,30-,31-/m1/s1. The summed E-state index contributed by atoms with van der Waals surface area (Å²) in [6.45, 7) is 1.97. The third-order valence-corrected chi connectivity index (χ3v) is 8.71. The van der Waals surface area contributed by atoms with Gasteiger partial charge in [0.05, 0.1) is 17.0 Å². The minimum atomic E-state index is -3.77. The van der Waals surface area contributed by atoms with Crippen molar-refractivity contribution in [2.24, 2.45) is 0 Å². The SMILES string of the molecule is Cc1ccc(S(=O)(=O)N2[C@@H](c3ccccc3)C[C@H](c3ccccc3)[C@H]2/C=C/c2ccccc2)cc1. The lowest BCUT2D eigenvalue weighted by molar-refractivity contribution is 0.355. The Morgan fingerprint density at radius 1 is 0.714 bits per heavy atom. The third kappa shape index (κ3) is 4.86. The molecule has 1 heterocycles. The molecule has 0 amide bonds. The van der Waals surface area contributed by atoms with Gasteiger partial charge < -0.3 is 0 Å². The molecule has 0 radical (unpaired) electrons. The summed E-state index contributed by atoms with van der Waals surface area (Å²) >= 11 is 0.